The molecule has 0 heterocycles. The molecule has 1 aromatic rings. The van der Waals surface area contributed by atoms with Crippen LogP contribution >= 0.6 is 0 Å². The first-order valence-electron chi connectivity index (χ1n) is 5.04. The van der Waals surface area contributed by atoms with Gasteiger partial charge in [0.25, 0.3) is 0 Å². The number of rotatable bonds is 6. The average Bonchev–Trinajstić information content (AvgIpc) is 2.38. The Morgan fingerprint density at radius 3 is 2.71 bits per heavy atom. The lowest BCUT2D eigenvalue weighted by Gasteiger charge is -2.09. The van der Waals surface area contributed by atoms with Gasteiger partial charge in [0.05, 0.1) is 32.8 Å². The van der Waals surface area contributed by atoms with Gasteiger partial charge in [0.15, 0.2) is 6.29 Å². The summed E-state index contributed by atoms with van der Waals surface area (Å²) >= 11 is 0. The third kappa shape index (κ3) is 3.79. The van der Waals surface area contributed by atoms with Gasteiger partial charge in [-0.25, -0.2) is 0 Å². The fourth-order valence-corrected chi connectivity index (χ4v) is 1.22. The maximum atomic E-state index is 10.9. The van der Waals surface area contributed by atoms with E-state index in [2.05, 4.69) is 4.74 Å². The zero-order chi connectivity index (χ0) is 12.7. The summed E-state index contributed by atoms with van der Waals surface area (Å²) in [6.07, 6.45) is 0.816. The molecule has 1 aromatic carbocycles. The van der Waals surface area contributed by atoms with Crippen LogP contribution in [0.2, 0.25) is 0 Å². The Bertz CT molecular complexity index is 400. The molecule has 0 amide bonds. The van der Waals surface area contributed by atoms with E-state index in [0.717, 1.165) is 0 Å². The van der Waals surface area contributed by atoms with E-state index >= 15 is 0 Å². The molecule has 0 atom stereocenters. The number of esters is 1. The second-order valence-electron chi connectivity index (χ2n) is 3.20. The molecular weight excluding hydrogens is 224 g/mol. The van der Waals surface area contributed by atoms with Crippen molar-refractivity contribution < 1.29 is 23.8 Å². The lowest BCUT2D eigenvalue weighted by Crippen LogP contribution is -2.08. The zero-order valence-electron chi connectivity index (χ0n) is 9.76. The van der Waals surface area contributed by atoms with Crippen LogP contribution in [0.5, 0.6) is 11.5 Å². The largest absolute Gasteiger partial charge is 0.497 e. The summed E-state index contributed by atoms with van der Waals surface area (Å²) in [4.78, 5) is 21.7. The minimum absolute atomic E-state index is 0.140. The fourth-order valence-electron chi connectivity index (χ4n) is 1.22. The zero-order valence-corrected chi connectivity index (χ0v) is 9.76. The SMILES string of the molecule is COC(=O)CCOc1ccc(OC)cc1C=O. The number of benzene rings is 1. The molecule has 5 heteroatoms. The predicted molar refractivity (Wildman–Crippen MR) is 60.5 cm³/mol. The molecule has 17 heavy (non-hydrogen) atoms. The molecule has 0 bridgehead atoms. The van der Waals surface area contributed by atoms with Crippen LogP contribution in [-0.2, 0) is 9.53 Å². The summed E-state index contributed by atoms with van der Waals surface area (Å²) in [5.74, 6) is 0.642. The highest BCUT2D eigenvalue weighted by Gasteiger charge is 2.06. The number of methoxy groups -OCH3 is 2. The van der Waals surface area contributed by atoms with Crippen molar-refractivity contribution >= 4 is 12.3 Å². The third-order valence-corrected chi connectivity index (χ3v) is 2.14. The second kappa shape index (κ2) is 6.52. The number of carbonyl (C=O) groups excluding carboxylic acids is 2. The smallest absolute Gasteiger partial charge is 0.308 e. The molecule has 0 unspecified atom stereocenters. The topological polar surface area (TPSA) is 61.8 Å². The molecule has 0 aliphatic heterocycles. The van der Waals surface area contributed by atoms with Crippen molar-refractivity contribution in [1.82, 2.24) is 0 Å². The lowest BCUT2D eigenvalue weighted by molar-refractivity contribution is -0.141. The molecule has 0 fully saturated rings. The molecule has 0 aromatic heterocycles. The summed E-state index contributed by atoms with van der Waals surface area (Å²) in [5, 5.41) is 0. The maximum Gasteiger partial charge on any atom is 0.308 e. The first-order valence-corrected chi connectivity index (χ1v) is 5.04. The van der Waals surface area contributed by atoms with Crippen molar-refractivity contribution in [3.05, 3.63) is 23.8 Å². The van der Waals surface area contributed by atoms with E-state index < -0.39 is 0 Å². The Morgan fingerprint density at radius 1 is 1.35 bits per heavy atom. The van der Waals surface area contributed by atoms with Gasteiger partial charge in [-0.05, 0) is 18.2 Å². The highest BCUT2D eigenvalue weighted by Crippen LogP contribution is 2.22. The van der Waals surface area contributed by atoms with E-state index in [1.54, 1.807) is 18.2 Å². The normalized spacial score (nSPS) is 9.53. The lowest BCUT2D eigenvalue weighted by atomic mass is 10.2. The molecule has 0 saturated heterocycles. The van der Waals surface area contributed by atoms with Crippen LogP contribution < -0.4 is 9.47 Å². The van der Waals surface area contributed by atoms with E-state index in [-0.39, 0.29) is 19.0 Å². The summed E-state index contributed by atoms with van der Waals surface area (Å²) in [7, 11) is 2.83. The van der Waals surface area contributed by atoms with Gasteiger partial charge < -0.3 is 14.2 Å². The number of aldehydes is 1. The fraction of sp³-hybridized carbons (Fsp3) is 0.333. The van der Waals surface area contributed by atoms with Gasteiger partial charge in [-0.3, -0.25) is 9.59 Å². The number of hydrogen-bond acceptors (Lipinski definition) is 5. The Kier molecular flexibility index (Phi) is 5.00. The summed E-state index contributed by atoms with van der Waals surface area (Å²) in [6.45, 7) is 0.167. The van der Waals surface area contributed by atoms with Crippen LogP contribution in [0.25, 0.3) is 0 Å². The van der Waals surface area contributed by atoms with Gasteiger partial charge in [-0.1, -0.05) is 0 Å². The standard InChI is InChI=1S/C12H14O5/c1-15-10-3-4-11(9(7-10)8-13)17-6-5-12(14)16-2/h3-4,7-8H,5-6H2,1-2H3. The van der Waals surface area contributed by atoms with Crippen LogP contribution in [0.1, 0.15) is 16.8 Å². The Labute approximate surface area is 99.3 Å². The molecule has 0 aliphatic carbocycles. The van der Waals surface area contributed by atoms with Crippen LogP contribution in [0.4, 0.5) is 0 Å². The van der Waals surface area contributed by atoms with Crippen molar-refractivity contribution in [3.63, 3.8) is 0 Å². The minimum Gasteiger partial charge on any atom is -0.497 e. The summed E-state index contributed by atoms with van der Waals surface area (Å²) in [5.41, 5.74) is 0.384. The molecule has 5 nitrogen and oxygen atoms in total. The summed E-state index contributed by atoms with van der Waals surface area (Å²) < 4.78 is 14.8. The van der Waals surface area contributed by atoms with E-state index in [9.17, 15) is 9.59 Å². The highest BCUT2D eigenvalue weighted by atomic mass is 16.5. The van der Waals surface area contributed by atoms with Crippen molar-refractivity contribution in [2.24, 2.45) is 0 Å². The minimum atomic E-state index is -0.355. The van der Waals surface area contributed by atoms with Gasteiger partial charge in [0, 0.05) is 0 Å². The van der Waals surface area contributed by atoms with Crippen molar-refractivity contribution in [2.45, 2.75) is 6.42 Å². The number of carbonyl (C=O) groups is 2. The molecule has 0 aliphatic rings. The highest BCUT2D eigenvalue weighted by molar-refractivity contribution is 5.80. The van der Waals surface area contributed by atoms with E-state index in [1.165, 1.54) is 14.2 Å². The molecule has 0 saturated carbocycles. The number of hydrogen-bond donors (Lipinski definition) is 0. The quantitative estimate of drug-likeness (QED) is 0.554. The van der Waals surface area contributed by atoms with Crippen LogP contribution in [0.3, 0.4) is 0 Å². The first-order chi connectivity index (χ1) is 8.21. The molecule has 1 rings (SSSR count). The van der Waals surface area contributed by atoms with E-state index in [1.807, 2.05) is 0 Å². The second-order valence-corrected chi connectivity index (χ2v) is 3.20. The predicted octanol–water partition coefficient (Wildman–Crippen LogP) is 1.45. The maximum absolute atomic E-state index is 10.9. The van der Waals surface area contributed by atoms with Crippen molar-refractivity contribution in [3.8, 4) is 11.5 Å². The van der Waals surface area contributed by atoms with E-state index in [0.29, 0.717) is 23.3 Å². The Hall–Kier alpha value is -2.04. The molecule has 0 radical (unpaired) electrons. The van der Waals surface area contributed by atoms with Gasteiger partial charge in [0.2, 0.25) is 0 Å². The van der Waals surface area contributed by atoms with Gasteiger partial charge in [-0.15, -0.1) is 0 Å². The third-order valence-electron chi connectivity index (χ3n) is 2.14. The molecule has 92 valence electrons. The van der Waals surface area contributed by atoms with Gasteiger partial charge in [-0.2, -0.15) is 0 Å². The average molecular weight is 238 g/mol. The first kappa shape index (κ1) is 13.0. The number of ether oxygens (including phenoxy) is 3. The molecule has 0 spiro atoms. The van der Waals surface area contributed by atoms with Crippen molar-refractivity contribution in [1.29, 1.82) is 0 Å². The van der Waals surface area contributed by atoms with Gasteiger partial charge in [0.1, 0.15) is 11.5 Å². The molecule has 0 N–H and O–H groups in total. The summed E-state index contributed by atoms with van der Waals surface area (Å²) in [6, 6.07) is 4.88. The Balaban J connectivity index is 2.64. The van der Waals surface area contributed by atoms with Crippen LogP contribution in [0.15, 0.2) is 18.2 Å². The Morgan fingerprint density at radius 2 is 2.12 bits per heavy atom. The monoisotopic (exact) mass is 238 g/mol. The van der Waals surface area contributed by atoms with Gasteiger partial charge >= 0.3 is 5.97 Å². The van der Waals surface area contributed by atoms with Crippen LogP contribution in [-0.4, -0.2) is 33.1 Å². The molecular formula is C12H14O5. The van der Waals surface area contributed by atoms with Crippen LogP contribution in [0, 0.1) is 0 Å². The van der Waals surface area contributed by atoms with E-state index in [4.69, 9.17) is 9.47 Å². The van der Waals surface area contributed by atoms with Crippen molar-refractivity contribution in [2.75, 3.05) is 20.8 Å².